The lowest BCUT2D eigenvalue weighted by atomic mass is 10.1. The van der Waals surface area contributed by atoms with Crippen LogP contribution in [-0.2, 0) is 10.0 Å². The number of aromatic nitrogens is 2. The van der Waals surface area contributed by atoms with Gasteiger partial charge in [-0.2, -0.15) is 4.31 Å². The zero-order chi connectivity index (χ0) is 21.8. The minimum absolute atomic E-state index is 0.219. The molecule has 0 radical (unpaired) electrons. The molecular weight excluding hydrogens is 412 g/mol. The third-order valence-corrected chi connectivity index (χ3v) is 7.46. The number of benzene rings is 2. The van der Waals surface area contributed by atoms with Gasteiger partial charge in [0.2, 0.25) is 10.0 Å². The van der Waals surface area contributed by atoms with Crippen LogP contribution in [0.15, 0.2) is 65.7 Å². The van der Waals surface area contributed by atoms with Gasteiger partial charge in [-0.25, -0.2) is 13.4 Å². The summed E-state index contributed by atoms with van der Waals surface area (Å²) in [4.78, 5) is 20.7. The number of nitrogens with one attached hydrogen (secondary N) is 2. The Labute approximate surface area is 182 Å². The molecule has 1 amide bonds. The predicted molar refractivity (Wildman–Crippen MR) is 119 cm³/mol. The van der Waals surface area contributed by atoms with Crippen LogP contribution in [0.2, 0.25) is 0 Å². The summed E-state index contributed by atoms with van der Waals surface area (Å²) in [5.41, 5.74) is 2.32. The van der Waals surface area contributed by atoms with Gasteiger partial charge < -0.3 is 10.3 Å². The molecule has 0 bridgehead atoms. The summed E-state index contributed by atoms with van der Waals surface area (Å²) in [6, 6.07) is 15.7. The Morgan fingerprint density at radius 2 is 1.77 bits per heavy atom. The number of imidazole rings is 1. The summed E-state index contributed by atoms with van der Waals surface area (Å²) in [7, 11) is -3.49. The van der Waals surface area contributed by atoms with Gasteiger partial charge in [0.25, 0.3) is 5.91 Å². The van der Waals surface area contributed by atoms with Crippen LogP contribution in [0.25, 0.3) is 11.3 Å². The molecule has 0 aliphatic carbocycles. The zero-order valence-corrected chi connectivity index (χ0v) is 18.2. The van der Waals surface area contributed by atoms with Gasteiger partial charge in [0.15, 0.2) is 0 Å². The van der Waals surface area contributed by atoms with E-state index in [1.54, 1.807) is 18.3 Å². The molecule has 1 atom stereocenters. The van der Waals surface area contributed by atoms with Gasteiger partial charge in [0.1, 0.15) is 5.82 Å². The van der Waals surface area contributed by atoms with E-state index in [2.05, 4.69) is 15.3 Å². The molecule has 1 aliphatic heterocycles. The van der Waals surface area contributed by atoms with Crippen LogP contribution in [0, 0.1) is 0 Å². The third-order valence-electron chi connectivity index (χ3n) is 5.54. The van der Waals surface area contributed by atoms with Crippen LogP contribution >= 0.6 is 0 Å². The smallest absolute Gasteiger partial charge is 0.251 e. The molecule has 0 spiro atoms. The second-order valence-electron chi connectivity index (χ2n) is 7.62. The summed E-state index contributed by atoms with van der Waals surface area (Å²) < 4.78 is 26.8. The second kappa shape index (κ2) is 9.03. The van der Waals surface area contributed by atoms with Crippen LogP contribution in [0.1, 0.15) is 48.4 Å². The van der Waals surface area contributed by atoms with Crippen molar-refractivity contribution in [2.75, 3.05) is 13.1 Å². The Balaban J connectivity index is 1.46. The molecule has 162 valence electrons. The van der Waals surface area contributed by atoms with Crippen molar-refractivity contribution in [1.82, 2.24) is 19.6 Å². The van der Waals surface area contributed by atoms with Gasteiger partial charge in [-0.3, -0.25) is 4.79 Å². The summed E-state index contributed by atoms with van der Waals surface area (Å²) >= 11 is 0. The second-order valence-corrected chi connectivity index (χ2v) is 9.56. The van der Waals surface area contributed by atoms with Crippen molar-refractivity contribution in [2.45, 2.75) is 37.1 Å². The Kier molecular flexibility index (Phi) is 6.20. The number of carbonyl (C=O) groups excluding carboxylic acids is 1. The Bertz CT molecular complexity index is 1140. The molecule has 4 rings (SSSR count). The van der Waals surface area contributed by atoms with E-state index in [-0.39, 0.29) is 16.8 Å². The summed E-state index contributed by atoms with van der Waals surface area (Å²) in [5.74, 6) is 0.414. The Morgan fingerprint density at radius 3 is 2.42 bits per heavy atom. The molecule has 2 heterocycles. The first-order valence-corrected chi connectivity index (χ1v) is 11.9. The maximum Gasteiger partial charge on any atom is 0.251 e. The maximum atomic E-state index is 12.8. The lowest BCUT2D eigenvalue weighted by Crippen LogP contribution is -2.29. The van der Waals surface area contributed by atoms with E-state index < -0.39 is 10.0 Å². The quantitative estimate of drug-likeness (QED) is 0.587. The van der Waals surface area contributed by atoms with E-state index >= 15 is 0 Å². The van der Waals surface area contributed by atoms with Crippen molar-refractivity contribution in [3.05, 3.63) is 72.2 Å². The van der Waals surface area contributed by atoms with Crippen LogP contribution in [-0.4, -0.2) is 41.7 Å². The molecule has 1 fully saturated rings. The summed E-state index contributed by atoms with van der Waals surface area (Å²) in [6.07, 6.45) is 4.19. The standard InChI is InChI=1S/C23H26N4O3S/c1-2-20(22-24-16-21(25-22)17-8-4-3-5-9-17)26-23(28)18-10-12-19(13-11-18)31(29,30)27-14-6-7-15-27/h3-5,8-13,16,20H,2,6-7,14-15H2,1H3,(H,24,25)(H,26,28). The maximum absolute atomic E-state index is 12.8. The molecule has 2 aromatic carbocycles. The molecule has 3 aromatic rings. The first-order chi connectivity index (χ1) is 15.0. The largest absolute Gasteiger partial charge is 0.342 e. The van der Waals surface area contributed by atoms with Gasteiger partial charge in [-0.15, -0.1) is 0 Å². The number of carbonyl (C=O) groups is 1. The van der Waals surface area contributed by atoms with E-state index in [1.165, 1.54) is 16.4 Å². The lowest BCUT2D eigenvalue weighted by Gasteiger charge is -2.17. The van der Waals surface area contributed by atoms with E-state index in [1.807, 2.05) is 37.3 Å². The molecule has 1 saturated heterocycles. The van der Waals surface area contributed by atoms with Crippen LogP contribution in [0.5, 0.6) is 0 Å². The Hall–Kier alpha value is -2.97. The fraction of sp³-hybridized carbons (Fsp3) is 0.304. The molecule has 2 N–H and O–H groups in total. The van der Waals surface area contributed by atoms with E-state index in [9.17, 15) is 13.2 Å². The zero-order valence-electron chi connectivity index (χ0n) is 17.4. The lowest BCUT2D eigenvalue weighted by molar-refractivity contribution is 0.0933. The van der Waals surface area contributed by atoms with Crippen molar-refractivity contribution >= 4 is 15.9 Å². The average Bonchev–Trinajstić information content (AvgIpc) is 3.51. The minimum Gasteiger partial charge on any atom is -0.342 e. The highest BCUT2D eigenvalue weighted by Gasteiger charge is 2.27. The average molecular weight is 439 g/mol. The van der Waals surface area contributed by atoms with Crippen molar-refractivity contribution < 1.29 is 13.2 Å². The number of amides is 1. The number of rotatable bonds is 7. The molecule has 31 heavy (non-hydrogen) atoms. The molecule has 0 saturated carbocycles. The van der Waals surface area contributed by atoms with Gasteiger partial charge in [0.05, 0.1) is 22.8 Å². The highest BCUT2D eigenvalue weighted by Crippen LogP contribution is 2.23. The monoisotopic (exact) mass is 438 g/mol. The Morgan fingerprint density at radius 1 is 1.10 bits per heavy atom. The molecule has 1 unspecified atom stereocenters. The fourth-order valence-electron chi connectivity index (χ4n) is 3.74. The van der Waals surface area contributed by atoms with Crippen molar-refractivity contribution in [2.24, 2.45) is 0 Å². The van der Waals surface area contributed by atoms with Gasteiger partial charge in [-0.05, 0) is 49.1 Å². The first kappa shape index (κ1) is 21.3. The van der Waals surface area contributed by atoms with Crippen molar-refractivity contribution in [1.29, 1.82) is 0 Å². The summed E-state index contributed by atoms with van der Waals surface area (Å²) in [5, 5.41) is 2.98. The predicted octanol–water partition coefficient (Wildman–Crippen LogP) is 3.74. The van der Waals surface area contributed by atoms with Gasteiger partial charge in [0, 0.05) is 18.7 Å². The van der Waals surface area contributed by atoms with E-state index in [0.717, 1.165) is 24.1 Å². The topological polar surface area (TPSA) is 95.2 Å². The summed E-state index contributed by atoms with van der Waals surface area (Å²) in [6.45, 7) is 3.08. The van der Waals surface area contributed by atoms with E-state index in [0.29, 0.717) is 30.9 Å². The van der Waals surface area contributed by atoms with Crippen LogP contribution in [0.4, 0.5) is 0 Å². The molecule has 7 nitrogen and oxygen atoms in total. The number of hydrogen-bond acceptors (Lipinski definition) is 4. The van der Waals surface area contributed by atoms with Crippen molar-refractivity contribution in [3.8, 4) is 11.3 Å². The molecule has 8 heteroatoms. The molecule has 1 aromatic heterocycles. The van der Waals surface area contributed by atoms with E-state index in [4.69, 9.17) is 0 Å². The van der Waals surface area contributed by atoms with Gasteiger partial charge >= 0.3 is 0 Å². The number of nitrogens with zero attached hydrogens (tertiary/aromatic N) is 2. The van der Waals surface area contributed by atoms with Crippen LogP contribution in [0.3, 0.4) is 0 Å². The highest BCUT2D eigenvalue weighted by molar-refractivity contribution is 7.89. The minimum atomic E-state index is -3.49. The highest BCUT2D eigenvalue weighted by atomic mass is 32.2. The number of hydrogen-bond donors (Lipinski definition) is 2. The number of sulfonamides is 1. The third kappa shape index (κ3) is 4.55. The molecule has 1 aliphatic rings. The SMILES string of the molecule is CCC(NC(=O)c1ccc(S(=O)(=O)N2CCCC2)cc1)c1ncc(-c2ccccc2)[nH]1. The number of H-pyrrole nitrogens is 1. The number of aromatic amines is 1. The molecular formula is C23H26N4O3S. The fourth-order valence-corrected chi connectivity index (χ4v) is 5.26. The van der Waals surface area contributed by atoms with Crippen LogP contribution < -0.4 is 5.32 Å². The normalized spacial score (nSPS) is 15.6. The van der Waals surface area contributed by atoms with Crippen molar-refractivity contribution in [3.63, 3.8) is 0 Å². The van der Waals surface area contributed by atoms with Gasteiger partial charge in [-0.1, -0.05) is 37.3 Å². The first-order valence-electron chi connectivity index (χ1n) is 10.5.